The monoisotopic (exact) mass is 219 g/mol. The first-order valence-corrected chi connectivity index (χ1v) is 5.01. The van der Waals surface area contributed by atoms with E-state index in [2.05, 4.69) is 15.5 Å². The van der Waals surface area contributed by atoms with E-state index >= 15 is 0 Å². The maximum absolute atomic E-state index is 9.16. The Morgan fingerprint density at radius 1 is 1.31 bits per heavy atom. The van der Waals surface area contributed by atoms with E-state index in [1.54, 1.807) is 24.3 Å². The van der Waals surface area contributed by atoms with E-state index in [9.17, 15) is 0 Å². The summed E-state index contributed by atoms with van der Waals surface area (Å²) >= 11 is 0. The summed E-state index contributed by atoms with van der Waals surface area (Å²) in [5, 5.41) is 16.1. The molecule has 0 spiro atoms. The van der Waals surface area contributed by atoms with E-state index < -0.39 is 0 Å². The molecule has 2 aromatic rings. The molecule has 1 heterocycles. The Bertz CT molecular complexity index is 464. The first kappa shape index (κ1) is 10.6. The Labute approximate surface area is 93.1 Å². The number of aromatic hydroxyl groups is 1. The summed E-state index contributed by atoms with van der Waals surface area (Å²) < 4.78 is 5.13. The summed E-state index contributed by atoms with van der Waals surface area (Å²) in [7, 11) is 1.83. The second-order valence-corrected chi connectivity index (χ2v) is 3.51. The minimum atomic E-state index is 0.0506. The van der Waals surface area contributed by atoms with Gasteiger partial charge >= 0.3 is 0 Å². The summed E-state index contributed by atoms with van der Waals surface area (Å²) in [6.45, 7) is 1.95. The van der Waals surface area contributed by atoms with Crippen molar-refractivity contribution in [2.24, 2.45) is 0 Å². The molecule has 5 heteroatoms. The summed E-state index contributed by atoms with van der Waals surface area (Å²) in [6, 6.07) is 6.68. The molecule has 84 valence electrons. The average Bonchev–Trinajstić information content (AvgIpc) is 2.78. The highest BCUT2D eigenvalue weighted by molar-refractivity contribution is 5.53. The van der Waals surface area contributed by atoms with Crippen LogP contribution in [0.25, 0.3) is 11.5 Å². The molecule has 1 atom stereocenters. The van der Waals surface area contributed by atoms with Gasteiger partial charge in [0.2, 0.25) is 0 Å². The molecular weight excluding hydrogens is 206 g/mol. The minimum Gasteiger partial charge on any atom is -0.508 e. The van der Waals surface area contributed by atoms with Crippen molar-refractivity contribution in [3.63, 3.8) is 0 Å². The molecule has 0 aliphatic heterocycles. The number of hydrogen-bond donors (Lipinski definition) is 2. The number of nitrogens with zero attached hydrogens (tertiary/aromatic N) is 2. The van der Waals surface area contributed by atoms with Crippen LogP contribution < -0.4 is 5.32 Å². The van der Waals surface area contributed by atoms with E-state index in [4.69, 9.17) is 9.63 Å². The van der Waals surface area contributed by atoms with Crippen molar-refractivity contribution in [2.75, 3.05) is 7.05 Å². The fourth-order valence-corrected chi connectivity index (χ4v) is 1.26. The van der Waals surface area contributed by atoms with Crippen LogP contribution in [0.2, 0.25) is 0 Å². The third kappa shape index (κ3) is 2.04. The maximum Gasteiger partial charge on any atom is 0.257 e. The number of phenolic OH excluding ortho intramolecular Hbond substituents is 1. The third-order valence-electron chi connectivity index (χ3n) is 2.38. The molecule has 16 heavy (non-hydrogen) atoms. The number of phenols is 1. The van der Waals surface area contributed by atoms with Crippen LogP contribution in [0.1, 0.15) is 18.8 Å². The molecule has 0 aliphatic rings. The number of benzene rings is 1. The highest BCUT2D eigenvalue weighted by Gasteiger charge is 2.12. The summed E-state index contributed by atoms with van der Waals surface area (Å²) in [4.78, 5) is 4.26. The van der Waals surface area contributed by atoms with Gasteiger partial charge in [-0.1, -0.05) is 5.16 Å². The van der Waals surface area contributed by atoms with Crippen LogP contribution in [0.15, 0.2) is 28.8 Å². The van der Waals surface area contributed by atoms with Crippen LogP contribution >= 0.6 is 0 Å². The largest absolute Gasteiger partial charge is 0.508 e. The zero-order chi connectivity index (χ0) is 11.5. The third-order valence-corrected chi connectivity index (χ3v) is 2.38. The number of hydrogen-bond acceptors (Lipinski definition) is 5. The minimum absolute atomic E-state index is 0.0506. The van der Waals surface area contributed by atoms with Crippen molar-refractivity contribution in [3.8, 4) is 17.2 Å². The van der Waals surface area contributed by atoms with Crippen LogP contribution in [0.5, 0.6) is 5.75 Å². The van der Waals surface area contributed by atoms with Gasteiger partial charge in [-0.15, -0.1) is 0 Å². The van der Waals surface area contributed by atoms with Crippen molar-refractivity contribution in [2.45, 2.75) is 13.0 Å². The summed E-state index contributed by atoms with van der Waals surface area (Å²) in [6.07, 6.45) is 0. The van der Waals surface area contributed by atoms with Crippen LogP contribution in [0.4, 0.5) is 0 Å². The fourth-order valence-electron chi connectivity index (χ4n) is 1.26. The SMILES string of the molecule is CNC(C)c1noc(-c2ccc(O)cc2)n1. The van der Waals surface area contributed by atoms with Crippen LogP contribution in [0.3, 0.4) is 0 Å². The molecule has 0 fully saturated rings. The smallest absolute Gasteiger partial charge is 0.257 e. The molecule has 0 aliphatic carbocycles. The quantitative estimate of drug-likeness (QED) is 0.822. The Morgan fingerprint density at radius 2 is 2.00 bits per heavy atom. The van der Waals surface area contributed by atoms with Gasteiger partial charge in [0.15, 0.2) is 5.82 Å². The molecule has 1 aromatic heterocycles. The van der Waals surface area contributed by atoms with Crippen LogP contribution in [-0.4, -0.2) is 22.3 Å². The molecule has 0 saturated carbocycles. The molecule has 0 saturated heterocycles. The Kier molecular flexibility index (Phi) is 2.87. The first-order valence-electron chi connectivity index (χ1n) is 5.01. The van der Waals surface area contributed by atoms with Crippen molar-refractivity contribution < 1.29 is 9.63 Å². The highest BCUT2D eigenvalue weighted by Crippen LogP contribution is 2.21. The van der Waals surface area contributed by atoms with E-state index in [1.807, 2.05) is 14.0 Å². The summed E-state index contributed by atoms with van der Waals surface area (Å²) in [5.41, 5.74) is 0.792. The van der Waals surface area contributed by atoms with Crippen molar-refractivity contribution >= 4 is 0 Å². The van der Waals surface area contributed by atoms with Crippen LogP contribution in [0, 0.1) is 0 Å². The lowest BCUT2D eigenvalue weighted by molar-refractivity contribution is 0.413. The molecule has 2 rings (SSSR count). The molecule has 2 N–H and O–H groups in total. The zero-order valence-corrected chi connectivity index (χ0v) is 9.14. The fraction of sp³-hybridized carbons (Fsp3) is 0.273. The van der Waals surface area contributed by atoms with Crippen molar-refractivity contribution in [1.29, 1.82) is 0 Å². The number of aromatic nitrogens is 2. The zero-order valence-electron chi connectivity index (χ0n) is 9.14. The van der Waals surface area contributed by atoms with E-state index in [0.29, 0.717) is 11.7 Å². The normalized spacial score (nSPS) is 12.6. The molecule has 0 amide bonds. The van der Waals surface area contributed by atoms with Gasteiger partial charge in [0.25, 0.3) is 5.89 Å². The van der Waals surface area contributed by atoms with Crippen molar-refractivity contribution in [3.05, 3.63) is 30.1 Å². The predicted octanol–water partition coefficient (Wildman–Crippen LogP) is 1.72. The second kappa shape index (κ2) is 4.32. The molecular formula is C11H13N3O2. The predicted molar refractivity (Wildman–Crippen MR) is 58.9 cm³/mol. The topological polar surface area (TPSA) is 71.2 Å². The second-order valence-electron chi connectivity index (χ2n) is 3.51. The number of nitrogens with one attached hydrogen (secondary N) is 1. The molecule has 1 unspecified atom stereocenters. The van der Waals surface area contributed by atoms with E-state index in [1.165, 1.54) is 0 Å². The van der Waals surface area contributed by atoms with Gasteiger partial charge in [-0.2, -0.15) is 4.98 Å². The van der Waals surface area contributed by atoms with E-state index in [-0.39, 0.29) is 11.8 Å². The molecule has 0 bridgehead atoms. The van der Waals surface area contributed by atoms with Gasteiger partial charge in [-0.3, -0.25) is 0 Å². The molecule has 1 aromatic carbocycles. The molecule has 0 radical (unpaired) electrons. The van der Waals surface area contributed by atoms with Gasteiger partial charge in [0, 0.05) is 5.56 Å². The van der Waals surface area contributed by atoms with Crippen molar-refractivity contribution in [1.82, 2.24) is 15.5 Å². The van der Waals surface area contributed by atoms with Crippen LogP contribution in [-0.2, 0) is 0 Å². The van der Waals surface area contributed by atoms with Gasteiger partial charge in [0.1, 0.15) is 5.75 Å². The Morgan fingerprint density at radius 3 is 2.62 bits per heavy atom. The van der Waals surface area contributed by atoms with E-state index in [0.717, 1.165) is 5.56 Å². The average molecular weight is 219 g/mol. The highest BCUT2D eigenvalue weighted by atomic mass is 16.5. The Balaban J connectivity index is 2.28. The van der Waals surface area contributed by atoms with Gasteiger partial charge in [-0.05, 0) is 38.2 Å². The van der Waals surface area contributed by atoms with Gasteiger partial charge in [0.05, 0.1) is 6.04 Å². The molecule has 5 nitrogen and oxygen atoms in total. The lowest BCUT2D eigenvalue weighted by Gasteiger charge is -2.01. The lowest BCUT2D eigenvalue weighted by Crippen LogP contribution is -2.13. The maximum atomic E-state index is 9.16. The van der Waals surface area contributed by atoms with Gasteiger partial charge < -0.3 is 14.9 Å². The standard InChI is InChI=1S/C11H13N3O2/c1-7(12-2)10-13-11(16-14-10)8-3-5-9(15)6-4-8/h3-7,12,15H,1-2H3. The first-order chi connectivity index (χ1) is 7.70. The number of rotatable bonds is 3. The lowest BCUT2D eigenvalue weighted by atomic mass is 10.2. The van der Waals surface area contributed by atoms with Gasteiger partial charge in [-0.25, -0.2) is 0 Å². The Hall–Kier alpha value is -1.88. The summed E-state index contributed by atoms with van der Waals surface area (Å²) in [5.74, 6) is 1.29.